The fourth-order valence-electron chi connectivity index (χ4n) is 2.48. The summed E-state index contributed by atoms with van der Waals surface area (Å²) in [5.74, 6) is 0.470. The molecule has 142 valence electrons. The van der Waals surface area contributed by atoms with E-state index >= 15 is 0 Å². The van der Waals surface area contributed by atoms with Crippen molar-refractivity contribution >= 4 is 39.7 Å². The first-order valence-electron chi connectivity index (χ1n) is 7.89. The van der Waals surface area contributed by atoms with E-state index in [1.165, 1.54) is 18.2 Å². The Morgan fingerprint density at radius 3 is 2.75 bits per heavy atom. The van der Waals surface area contributed by atoms with Crippen molar-refractivity contribution in [3.05, 3.63) is 69.2 Å². The third-order valence-corrected chi connectivity index (χ3v) is 5.33. The molecule has 3 rings (SSSR count). The van der Waals surface area contributed by atoms with Crippen LogP contribution in [0.5, 0.6) is 5.75 Å². The molecule has 8 nitrogen and oxygen atoms in total. The fourth-order valence-corrected chi connectivity index (χ4v) is 3.75. The van der Waals surface area contributed by atoms with Gasteiger partial charge < -0.3 is 5.11 Å². The average Bonchev–Trinajstić information content (AvgIpc) is 3.06. The SMILES string of the molecule is C=CCn1c(Sc2ccc([N+](=O)[O-])cc2C=O)nnc1-c1cc(Br)ccc1O. The molecule has 1 aromatic heterocycles. The lowest BCUT2D eigenvalue weighted by Gasteiger charge is -2.10. The van der Waals surface area contributed by atoms with Crippen LogP contribution in [0.2, 0.25) is 0 Å². The number of allylic oxidation sites excluding steroid dienone is 1. The van der Waals surface area contributed by atoms with Crippen LogP contribution in [0.15, 0.2) is 63.6 Å². The van der Waals surface area contributed by atoms with Crippen LogP contribution < -0.4 is 0 Å². The molecule has 0 aliphatic rings. The monoisotopic (exact) mass is 460 g/mol. The number of nitro benzene ring substituents is 1. The molecule has 0 bridgehead atoms. The van der Waals surface area contributed by atoms with Crippen LogP contribution in [-0.2, 0) is 6.54 Å². The maximum atomic E-state index is 11.4. The zero-order chi connectivity index (χ0) is 20.3. The molecule has 1 heterocycles. The number of aromatic hydroxyl groups is 1. The first-order valence-corrected chi connectivity index (χ1v) is 9.50. The maximum Gasteiger partial charge on any atom is 0.270 e. The lowest BCUT2D eigenvalue weighted by atomic mass is 10.2. The van der Waals surface area contributed by atoms with Crippen LogP contribution in [0.4, 0.5) is 5.69 Å². The van der Waals surface area contributed by atoms with E-state index in [1.807, 2.05) is 0 Å². The van der Waals surface area contributed by atoms with Crippen LogP contribution in [0.3, 0.4) is 0 Å². The number of hydrogen-bond donors (Lipinski definition) is 1. The van der Waals surface area contributed by atoms with Gasteiger partial charge in [0.1, 0.15) is 5.75 Å². The zero-order valence-electron chi connectivity index (χ0n) is 14.3. The predicted molar refractivity (Wildman–Crippen MR) is 108 cm³/mol. The molecule has 0 radical (unpaired) electrons. The van der Waals surface area contributed by atoms with Crippen molar-refractivity contribution in [1.82, 2.24) is 14.8 Å². The summed E-state index contributed by atoms with van der Waals surface area (Å²) < 4.78 is 2.50. The molecule has 0 fully saturated rings. The fraction of sp³-hybridized carbons (Fsp3) is 0.0556. The first-order chi connectivity index (χ1) is 13.4. The third-order valence-electron chi connectivity index (χ3n) is 3.76. The standard InChI is InChI=1S/C18H13BrN4O4S/c1-2-7-22-17(14-9-12(19)3-5-15(14)25)20-21-18(22)28-16-6-4-13(23(26)27)8-11(16)10-24/h2-6,8-10,25H,1,7H2. The smallest absolute Gasteiger partial charge is 0.270 e. The van der Waals surface area contributed by atoms with E-state index in [0.29, 0.717) is 34.3 Å². The van der Waals surface area contributed by atoms with Gasteiger partial charge in [0.2, 0.25) is 0 Å². The zero-order valence-corrected chi connectivity index (χ0v) is 16.7. The highest BCUT2D eigenvalue weighted by molar-refractivity contribution is 9.10. The summed E-state index contributed by atoms with van der Waals surface area (Å²) in [5, 5.41) is 29.9. The van der Waals surface area contributed by atoms with Gasteiger partial charge in [-0.3, -0.25) is 19.5 Å². The summed E-state index contributed by atoms with van der Waals surface area (Å²) in [4.78, 5) is 22.2. The van der Waals surface area contributed by atoms with E-state index in [-0.39, 0.29) is 17.0 Å². The van der Waals surface area contributed by atoms with Crippen molar-refractivity contribution < 1.29 is 14.8 Å². The molecule has 0 saturated carbocycles. The lowest BCUT2D eigenvalue weighted by Crippen LogP contribution is -2.01. The van der Waals surface area contributed by atoms with E-state index in [1.54, 1.807) is 28.8 Å². The van der Waals surface area contributed by atoms with Gasteiger partial charge in [0.05, 0.1) is 10.5 Å². The van der Waals surface area contributed by atoms with Crippen LogP contribution in [-0.4, -0.2) is 31.1 Å². The van der Waals surface area contributed by atoms with Gasteiger partial charge in [-0.25, -0.2) is 0 Å². The van der Waals surface area contributed by atoms with Gasteiger partial charge in [-0.1, -0.05) is 22.0 Å². The Labute approximate surface area is 172 Å². The number of benzene rings is 2. The maximum absolute atomic E-state index is 11.4. The van der Waals surface area contributed by atoms with Gasteiger partial charge in [0.15, 0.2) is 17.3 Å². The normalized spacial score (nSPS) is 10.6. The van der Waals surface area contributed by atoms with Gasteiger partial charge in [0, 0.05) is 33.6 Å². The van der Waals surface area contributed by atoms with Crippen LogP contribution in [0, 0.1) is 10.1 Å². The molecule has 2 aromatic carbocycles. The Kier molecular flexibility index (Phi) is 5.90. The van der Waals surface area contributed by atoms with Gasteiger partial charge >= 0.3 is 0 Å². The summed E-state index contributed by atoms with van der Waals surface area (Å²) in [6, 6.07) is 9.00. The number of phenols is 1. The second kappa shape index (κ2) is 8.36. The molecule has 0 spiro atoms. The Morgan fingerprint density at radius 1 is 1.29 bits per heavy atom. The molecule has 0 aliphatic carbocycles. The van der Waals surface area contributed by atoms with Crippen molar-refractivity contribution in [2.75, 3.05) is 0 Å². The molecule has 0 unspecified atom stereocenters. The molecule has 10 heteroatoms. The molecule has 0 saturated heterocycles. The highest BCUT2D eigenvalue weighted by Crippen LogP contribution is 2.36. The summed E-state index contributed by atoms with van der Waals surface area (Å²) in [6.45, 7) is 4.10. The summed E-state index contributed by atoms with van der Waals surface area (Å²) in [5.41, 5.74) is 0.493. The third kappa shape index (κ3) is 3.97. The number of non-ortho nitro benzene ring substituents is 1. The minimum atomic E-state index is -0.560. The number of halogens is 1. The Bertz CT molecular complexity index is 1080. The highest BCUT2D eigenvalue weighted by Gasteiger charge is 2.19. The van der Waals surface area contributed by atoms with Crippen molar-refractivity contribution in [3.63, 3.8) is 0 Å². The van der Waals surface area contributed by atoms with E-state index in [0.717, 1.165) is 16.2 Å². The van der Waals surface area contributed by atoms with E-state index < -0.39 is 4.92 Å². The number of rotatable bonds is 7. The number of phenolic OH excluding ortho intramolecular Hbond substituents is 1. The second-order valence-electron chi connectivity index (χ2n) is 5.57. The van der Waals surface area contributed by atoms with Crippen molar-refractivity contribution in [3.8, 4) is 17.1 Å². The van der Waals surface area contributed by atoms with Gasteiger partial charge in [-0.2, -0.15) is 0 Å². The minimum absolute atomic E-state index is 0.0429. The molecule has 28 heavy (non-hydrogen) atoms. The van der Waals surface area contributed by atoms with E-state index in [4.69, 9.17) is 0 Å². The molecular weight excluding hydrogens is 448 g/mol. The quantitative estimate of drug-likeness (QED) is 0.239. The molecule has 1 N–H and O–H groups in total. The number of aldehydes is 1. The van der Waals surface area contributed by atoms with Crippen LogP contribution in [0.25, 0.3) is 11.4 Å². The molecule has 3 aromatic rings. The number of nitrogens with zero attached hydrogens (tertiary/aromatic N) is 4. The van der Waals surface area contributed by atoms with Crippen molar-refractivity contribution in [2.24, 2.45) is 0 Å². The molecule has 0 aliphatic heterocycles. The largest absolute Gasteiger partial charge is 0.507 e. The van der Waals surface area contributed by atoms with Crippen LogP contribution in [0.1, 0.15) is 10.4 Å². The Balaban J connectivity index is 2.05. The topological polar surface area (TPSA) is 111 Å². The number of nitro groups is 1. The lowest BCUT2D eigenvalue weighted by molar-refractivity contribution is -0.384. The van der Waals surface area contributed by atoms with Crippen molar-refractivity contribution in [2.45, 2.75) is 16.6 Å². The minimum Gasteiger partial charge on any atom is -0.507 e. The van der Waals surface area contributed by atoms with Gasteiger partial charge in [0.25, 0.3) is 5.69 Å². The molecular formula is C18H13BrN4O4S. The summed E-state index contributed by atoms with van der Waals surface area (Å²) >= 11 is 4.51. The highest BCUT2D eigenvalue weighted by atomic mass is 79.9. The van der Waals surface area contributed by atoms with Crippen LogP contribution >= 0.6 is 27.7 Å². The Morgan fingerprint density at radius 2 is 2.07 bits per heavy atom. The number of hydrogen-bond acceptors (Lipinski definition) is 7. The summed E-state index contributed by atoms with van der Waals surface area (Å²) in [6.07, 6.45) is 2.22. The Hall–Kier alpha value is -2.98. The molecule has 0 amide bonds. The first kappa shape index (κ1) is 19.8. The van der Waals surface area contributed by atoms with E-state index in [2.05, 4.69) is 32.7 Å². The predicted octanol–water partition coefficient (Wildman–Crippen LogP) is 4.47. The summed E-state index contributed by atoms with van der Waals surface area (Å²) in [7, 11) is 0. The van der Waals surface area contributed by atoms with E-state index in [9.17, 15) is 20.0 Å². The second-order valence-corrected chi connectivity index (χ2v) is 7.49. The average molecular weight is 461 g/mol. The number of carbonyl (C=O) groups excluding carboxylic acids is 1. The molecule has 0 atom stereocenters. The van der Waals surface area contributed by atoms with Crippen molar-refractivity contribution in [1.29, 1.82) is 0 Å². The number of carbonyl (C=O) groups is 1. The number of aromatic nitrogens is 3. The van der Waals surface area contributed by atoms with Gasteiger partial charge in [-0.05, 0) is 36.0 Å². The van der Waals surface area contributed by atoms with Gasteiger partial charge in [-0.15, -0.1) is 16.8 Å².